The third kappa shape index (κ3) is 4.94. The van der Waals surface area contributed by atoms with Gasteiger partial charge in [0.15, 0.2) is 11.0 Å². The molecule has 3 aromatic rings. The number of anilines is 1. The summed E-state index contributed by atoms with van der Waals surface area (Å²) in [5.41, 5.74) is 0.913. The van der Waals surface area contributed by atoms with Crippen molar-refractivity contribution in [1.82, 2.24) is 14.8 Å². The Balaban J connectivity index is 1.46. The first kappa shape index (κ1) is 22.3. The highest BCUT2D eigenvalue weighted by atomic mass is 35.5. The monoisotopic (exact) mass is 471 g/mol. The van der Waals surface area contributed by atoms with Gasteiger partial charge in [-0.05, 0) is 31.0 Å². The number of aromatic nitrogens is 3. The number of hydrogen-bond donors (Lipinski definition) is 1. The first-order valence-electron chi connectivity index (χ1n) is 10.4. The van der Waals surface area contributed by atoms with Gasteiger partial charge in [0, 0.05) is 29.8 Å². The zero-order valence-corrected chi connectivity index (χ0v) is 18.8. The van der Waals surface area contributed by atoms with E-state index in [1.165, 1.54) is 23.9 Å². The molecule has 1 aromatic heterocycles. The quantitative estimate of drug-likeness (QED) is 0.255. The minimum atomic E-state index is -0.509. The van der Waals surface area contributed by atoms with Crippen LogP contribution in [0.2, 0.25) is 5.02 Å². The lowest BCUT2D eigenvalue weighted by molar-refractivity contribution is -0.383. The number of nitrogens with zero attached hydrogens (tertiary/aromatic N) is 4. The zero-order chi connectivity index (χ0) is 22.5. The second kappa shape index (κ2) is 10.1. The normalized spacial score (nSPS) is 13.9. The molecule has 0 bridgehead atoms. The Kier molecular flexibility index (Phi) is 7.06. The molecule has 2 aromatic carbocycles. The van der Waals surface area contributed by atoms with Crippen LogP contribution in [0.25, 0.3) is 11.4 Å². The fourth-order valence-electron chi connectivity index (χ4n) is 3.88. The van der Waals surface area contributed by atoms with Crippen LogP contribution < -0.4 is 5.32 Å². The van der Waals surface area contributed by atoms with Crippen LogP contribution in [0.5, 0.6) is 0 Å². The third-order valence-corrected chi connectivity index (χ3v) is 6.68. The number of nitrogens with one attached hydrogen (secondary N) is 1. The van der Waals surface area contributed by atoms with Gasteiger partial charge >= 0.3 is 0 Å². The van der Waals surface area contributed by atoms with Gasteiger partial charge in [0.1, 0.15) is 5.69 Å². The number of nitro groups is 1. The van der Waals surface area contributed by atoms with E-state index in [4.69, 9.17) is 11.6 Å². The van der Waals surface area contributed by atoms with Crippen molar-refractivity contribution in [2.45, 2.75) is 43.3 Å². The van der Waals surface area contributed by atoms with Crippen LogP contribution in [-0.4, -0.2) is 31.3 Å². The van der Waals surface area contributed by atoms with E-state index >= 15 is 0 Å². The van der Waals surface area contributed by atoms with Crippen LogP contribution >= 0.6 is 23.4 Å². The number of carbonyl (C=O) groups excluding carboxylic acids is 1. The fraction of sp³-hybridized carbons (Fsp3) is 0.318. The lowest BCUT2D eigenvalue weighted by Crippen LogP contribution is -2.14. The third-order valence-electron chi connectivity index (χ3n) is 5.40. The lowest BCUT2D eigenvalue weighted by atomic mass is 10.2. The second-order valence-corrected chi connectivity index (χ2v) is 8.98. The average Bonchev–Trinajstić information content (AvgIpc) is 3.44. The molecule has 1 saturated carbocycles. The summed E-state index contributed by atoms with van der Waals surface area (Å²) in [5.74, 6) is 0.930. The van der Waals surface area contributed by atoms with E-state index < -0.39 is 4.92 Å². The topological polar surface area (TPSA) is 103 Å². The number of halogens is 1. The molecule has 1 aliphatic carbocycles. The smallest absolute Gasteiger partial charge is 0.292 e. The van der Waals surface area contributed by atoms with Crippen molar-refractivity contribution in [3.8, 4) is 11.4 Å². The average molecular weight is 472 g/mol. The van der Waals surface area contributed by atoms with Gasteiger partial charge in [-0.2, -0.15) is 0 Å². The van der Waals surface area contributed by atoms with Gasteiger partial charge in [-0.25, -0.2) is 0 Å². The fourth-order valence-corrected chi connectivity index (χ4v) is 5.04. The van der Waals surface area contributed by atoms with E-state index in [-0.39, 0.29) is 23.7 Å². The summed E-state index contributed by atoms with van der Waals surface area (Å²) in [6.45, 7) is 0. The molecule has 0 unspecified atom stereocenters. The summed E-state index contributed by atoms with van der Waals surface area (Å²) in [7, 11) is 0. The van der Waals surface area contributed by atoms with Crippen molar-refractivity contribution < 1.29 is 9.72 Å². The number of thioether (sulfide) groups is 1. The van der Waals surface area contributed by atoms with Crippen molar-refractivity contribution in [1.29, 1.82) is 0 Å². The van der Waals surface area contributed by atoms with Crippen LogP contribution in [-0.2, 0) is 4.79 Å². The maximum atomic E-state index is 12.4. The summed E-state index contributed by atoms with van der Waals surface area (Å²) >= 11 is 7.87. The van der Waals surface area contributed by atoms with E-state index in [9.17, 15) is 14.9 Å². The predicted molar refractivity (Wildman–Crippen MR) is 125 cm³/mol. The van der Waals surface area contributed by atoms with E-state index in [0.717, 1.165) is 42.2 Å². The van der Waals surface area contributed by atoms with E-state index in [0.29, 0.717) is 16.8 Å². The highest BCUT2D eigenvalue weighted by Crippen LogP contribution is 2.38. The van der Waals surface area contributed by atoms with Gasteiger partial charge in [0.05, 0.1) is 9.95 Å². The summed E-state index contributed by atoms with van der Waals surface area (Å²) in [4.78, 5) is 23.0. The molecular formula is C22H22ClN5O3S. The standard InChI is InChI=1S/C22H22ClN5O3S/c23-17-10-4-3-9-16(17)21-25-26-22(27(21)15-7-1-2-8-15)32-14-13-20(29)24-18-11-5-6-12-19(18)28(30)31/h3-6,9-12,15H,1-2,7-8,13-14H2,(H,24,29). The van der Waals surface area contributed by atoms with Crippen molar-refractivity contribution in [2.75, 3.05) is 11.1 Å². The molecule has 0 atom stereocenters. The van der Waals surface area contributed by atoms with Crippen LogP contribution in [0.15, 0.2) is 53.7 Å². The predicted octanol–water partition coefficient (Wildman–Crippen LogP) is 5.74. The molecule has 1 aliphatic rings. The molecule has 1 fully saturated rings. The number of nitro benzene ring substituents is 1. The number of hydrogen-bond acceptors (Lipinski definition) is 6. The summed E-state index contributed by atoms with van der Waals surface area (Å²) in [6.07, 6.45) is 4.62. The Morgan fingerprint density at radius 2 is 1.88 bits per heavy atom. The molecule has 0 spiro atoms. The van der Waals surface area contributed by atoms with Gasteiger partial charge in [-0.3, -0.25) is 19.5 Å². The summed E-state index contributed by atoms with van der Waals surface area (Å²) < 4.78 is 2.15. The SMILES string of the molecule is O=C(CCSc1nnc(-c2ccccc2Cl)n1C1CCCC1)Nc1ccccc1[N+](=O)[O-]. The molecule has 0 aliphatic heterocycles. The second-order valence-electron chi connectivity index (χ2n) is 7.52. The maximum Gasteiger partial charge on any atom is 0.292 e. The van der Waals surface area contributed by atoms with Crippen molar-refractivity contribution in [3.63, 3.8) is 0 Å². The number of rotatable bonds is 8. The van der Waals surface area contributed by atoms with Crippen LogP contribution in [0.1, 0.15) is 38.1 Å². The molecule has 166 valence electrons. The highest BCUT2D eigenvalue weighted by molar-refractivity contribution is 7.99. The van der Waals surface area contributed by atoms with Crippen molar-refractivity contribution >= 4 is 40.6 Å². The molecule has 0 radical (unpaired) electrons. The number of carbonyl (C=O) groups is 1. The molecule has 0 saturated heterocycles. The molecule has 8 nitrogen and oxygen atoms in total. The van der Waals surface area contributed by atoms with Crippen molar-refractivity contribution in [2.24, 2.45) is 0 Å². The van der Waals surface area contributed by atoms with E-state index in [1.807, 2.05) is 24.3 Å². The highest BCUT2D eigenvalue weighted by Gasteiger charge is 2.26. The summed E-state index contributed by atoms with van der Waals surface area (Å²) in [5, 5.41) is 24.0. The Morgan fingerprint density at radius 1 is 1.16 bits per heavy atom. The molecule has 32 heavy (non-hydrogen) atoms. The molecule has 1 N–H and O–H groups in total. The molecular weight excluding hydrogens is 450 g/mol. The zero-order valence-electron chi connectivity index (χ0n) is 17.2. The van der Waals surface area contributed by atoms with E-state index in [2.05, 4.69) is 20.1 Å². The Bertz CT molecular complexity index is 1130. The molecule has 1 heterocycles. The van der Waals surface area contributed by atoms with Crippen LogP contribution in [0, 0.1) is 10.1 Å². The Labute approximate surface area is 194 Å². The van der Waals surface area contributed by atoms with Crippen LogP contribution in [0.3, 0.4) is 0 Å². The molecule has 1 amide bonds. The number of amides is 1. The number of benzene rings is 2. The van der Waals surface area contributed by atoms with Crippen LogP contribution in [0.4, 0.5) is 11.4 Å². The molecule has 4 rings (SSSR count). The maximum absolute atomic E-state index is 12.4. The molecule has 10 heteroatoms. The van der Waals surface area contributed by atoms with Gasteiger partial charge in [0.25, 0.3) is 5.69 Å². The summed E-state index contributed by atoms with van der Waals surface area (Å²) in [6, 6.07) is 14.0. The number of para-hydroxylation sites is 2. The minimum Gasteiger partial charge on any atom is -0.320 e. The Morgan fingerprint density at radius 3 is 2.62 bits per heavy atom. The van der Waals surface area contributed by atoms with Gasteiger partial charge in [-0.1, -0.05) is 60.5 Å². The van der Waals surface area contributed by atoms with E-state index in [1.54, 1.807) is 12.1 Å². The first-order chi connectivity index (χ1) is 15.5. The first-order valence-corrected chi connectivity index (χ1v) is 11.8. The Hall–Kier alpha value is -2.91. The van der Waals surface area contributed by atoms with Gasteiger partial charge in [-0.15, -0.1) is 10.2 Å². The van der Waals surface area contributed by atoms with Gasteiger partial charge < -0.3 is 5.32 Å². The largest absolute Gasteiger partial charge is 0.320 e. The minimum absolute atomic E-state index is 0.126. The lowest BCUT2D eigenvalue weighted by Gasteiger charge is -2.17. The van der Waals surface area contributed by atoms with Gasteiger partial charge in [0.2, 0.25) is 5.91 Å². The van der Waals surface area contributed by atoms with Crippen molar-refractivity contribution in [3.05, 3.63) is 63.7 Å².